The zero-order valence-corrected chi connectivity index (χ0v) is 14.5. The van der Waals surface area contributed by atoms with Crippen LogP contribution < -0.4 is 5.32 Å². The molecule has 0 aliphatic carbocycles. The van der Waals surface area contributed by atoms with Crippen molar-refractivity contribution in [1.29, 1.82) is 0 Å². The molecule has 1 aromatic carbocycles. The van der Waals surface area contributed by atoms with Gasteiger partial charge in [-0.25, -0.2) is 0 Å². The highest BCUT2D eigenvalue weighted by Crippen LogP contribution is 2.18. The topological polar surface area (TPSA) is 24.5 Å². The van der Waals surface area contributed by atoms with Crippen molar-refractivity contribution in [1.82, 2.24) is 10.2 Å². The Morgan fingerprint density at radius 1 is 1.27 bits per heavy atom. The van der Waals surface area contributed by atoms with Crippen LogP contribution >= 0.6 is 0 Å². The lowest BCUT2D eigenvalue weighted by atomic mass is 9.92. The summed E-state index contributed by atoms with van der Waals surface area (Å²) in [7, 11) is 2.21. The van der Waals surface area contributed by atoms with Gasteiger partial charge in [0.2, 0.25) is 0 Å². The fourth-order valence-electron chi connectivity index (χ4n) is 3.32. The number of nitrogens with one attached hydrogen (secondary N) is 1. The van der Waals surface area contributed by atoms with Crippen molar-refractivity contribution >= 4 is 0 Å². The van der Waals surface area contributed by atoms with Crippen molar-refractivity contribution in [3.05, 3.63) is 35.9 Å². The number of benzene rings is 1. The molecule has 0 spiro atoms. The minimum absolute atomic E-state index is 0.277. The van der Waals surface area contributed by atoms with Gasteiger partial charge < -0.3 is 15.0 Å². The standard InChI is InChI=1S/C19H32N2O/c1-19(2,15-20-12-18-10-7-11-22-14-18)16-21(3)13-17-8-5-4-6-9-17/h4-6,8-9,18,20H,7,10-16H2,1-3H3. The first-order valence-electron chi connectivity index (χ1n) is 8.56. The second-order valence-corrected chi connectivity index (χ2v) is 7.54. The lowest BCUT2D eigenvalue weighted by Crippen LogP contribution is -2.41. The van der Waals surface area contributed by atoms with E-state index in [1.807, 2.05) is 0 Å². The van der Waals surface area contributed by atoms with E-state index in [0.717, 1.165) is 39.4 Å². The maximum absolute atomic E-state index is 5.55. The van der Waals surface area contributed by atoms with Crippen molar-refractivity contribution in [2.75, 3.05) is 39.9 Å². The van der Waals surface area contributed by atoms with Crippen LogP contribution in [0.3, 0.4) is 0 Å². The van der Waals surface area contributed by atoms with E-state index in [1.54, 1.807) is 0 Å². The Bertz CT molecular complexity index is 413. The number of rotatable bonds is 8. The van der Waals surface area contributed by atoms with Crippen molar-refractivity contribution in [2.45, 2.75) is 33.2 Å². The minimum Gasteiger partial charge on any atom is -0.381 e. The summed E-state index contributed by atoms with van der Waals surface area (Å²) < 4.78 is 5.55. The molecular weight excluding hydrogens is 272 g/mol. The van der Waals surface area contributed by atoms with Crippen LogP contribution in [0.15, 0.2) is 30.3 Å². The summed E-state index contributed by atoms with van der Waals surface area (Å²) in [4.78, 5) is 2.42. The summed E-state index contributed by atoms with van der Waals surface area (Å²) in [6.07, 6.45) is 2.52. The van der Waals surface area contributed by atoms with Gasteiger partial charge in [0, 0.05) is 32.8 Å². The van der Waals surface area contributed by atoms with E-state index >= 15 is 0 Å². The molecule has 1 heterocycles. The van der Waals surface area contributed by atoms with E-state index in [-0.39, 0.29) is 5.41 Å². The first-order chi connectivity index (χ1) is 10.6. The molecule has 1 aliphatic rings. The molecule has 22 heavy (non-hydrogen) atoms. The largest absolute Gasteiger partial charge is 0.381 e. The Morgan fingerprint density at radius 3 is 2.73 bits per heavy atom. The second-order valence-electron chi connectivity index (χ2n) is 7.54. The molecule has 1 saturated heterocycles. The number of nitrogens with zero attached hydrogens (tertiary/aromatic N) is 1. The van der Waals surface area contributed by atoms with Crippen LogP contribution in [-0.4, -0.2) is 44.8 Å². The zero-order valence-electron chi connectivity index (χ0n) is 14.5. The van der Waals surface area contributed by atoms with E-state index < -0.39 is 0 Å². The van der Waals surface area contributed by atoms with Gasteiger partial charge in [-0.3, -0.25) is 0 Å². The normalized spacial score (nSPS) is 19.5. The van der Waals surface area contributed by atoms with Crippen LogP contribution in [0.25, 0.3) is 0 Å². The molecule has 0 amide bonds. The summed E-state index contributed by atoms with van der Waals surface area (Å²) in [5.74, 6) is 0.701. The maximum atomic E-state index is 5.55. The van der Waals surface area contributed by atoms with E-state index in [1.165, 1.54) is 18.4 Å². The van der Waals surface area contributed by atoms with Gasteiger partial charge >= 0.3 is 0 Å². The number of hydrogen-bond acceptors (Lipinski definition) is 3. The van der Waals surface area contributed by atoms with Crippen LogP contribution in [0.1, 0.15) is 32.3 Å². The average molecular weight is 304 g/mol. The molecule has 0 bridgehead atoms. The van der Waals surface area contributed by atoms with Crippen molar-refractivity contribution in [2.24, 2.45) is 11.3 Å². The number of ether oxygens (including phenoxy) is 1. The highest BCUT2D eigenvalue weighted by molar-refractivity contribution is 5.14. The number of hydrogen-bond donors (Lipinski definition) is 1. The average Bonchev–Trinajstić information content (AvgIpc) is 2.48. The molecule has 1 aliphatic heterocycles. The smallest absolute Gasteiger partial charge is 0.0506 e. The Balaban J connectivity index is 1.68. The van der Waals surface area contributed by atoms with Gasteiger partial charge in [0.1, 0.15) is 0 Å². The third-order valence-electron chi connectivity index (χ3n) is 4.28. The van der Waals surface area contributed by atoms with Crippen molar-refractivity contribution in [3.63, 3.8) is 0 Å². The molecule has 1 N–H and O–H groups in total. The highest BCUT2D eigenvalue weighted by Gasteiger charge is 2.21. The van der Waals surface area contributed by atoms with E-state index in [2.05, 4.69) is 61.4 Å². The predicted molar refractivity (Wildman–Crippen MR) is 93.0 cm³/mol. The van der Waals surface area contributed by atoms with Crippen LogP contribution in [0.4, 0.5) is 0 Å². The maximum Gasteiger partial charge on any atom is 0.0506 e. The van der Waals surface area contributed by atoms with Gasteiger partial charge in [0.05, 0.1) is 6.61 Å². The lowest BCUT2D eigenvalue weighted by molar-refractivity contribution is 0.0535. The minimum atomic E-state index is 0.277. The van der Waals surface area contributed by atoms with Crippen LogP contribution in [-0.2, 0) is 11.3 Å². The molecule has 1 aromatic rings. The molecule has 3 nitrogen and oxygen atoms in total. The quantitative estimate of drug-likeness (QED) is 0.798. The summed E-state index contributed by atoms with van der Waals surface area (Å²) in [6, 6.07) is 10.7. The highest BCUT2D eigenvalue weighted by atomic mass is 16.5. The van der Waals surface area contributed by atoms with Crippen LogP contribution in [0.2, 0.25) is 0 Å². The molecule has 0 aromatic heterocycles. The Hall–Kier alpha value is -0.900. The van der Waals surface area contributed by atoms with Gasteiger partial charge in [-0.2, -0.15) is 0 Å². The van der Waals surface area contributed by atoms with Gasteiger partial charge in [0.15, 0.2) is 0 Å². The van der Waals surface area contributed by atoms with E-state index in [0.29, 0.717) is 5.92 Å². The Labute approximate surface area is 136 Å². The van der Waals surface area contributed by atoms with Crippen LogP contribution in [0, 0.1) is 11.3 Å². The Kier molecular flexibility index (Phi) is 6.87. The van der Waals surface area contributed by atoms with Crippen molar-refractivity contribution in [3.8, 4) is 0 Å². The monoisotopic (exact) mass is 304 g/mol. The van der Waals surface area contributed by atoms with Gasteiger partial charge in [0.25, 0.3) is 0 Å². The molecule has 1 atom stereocenters. The molecule has 0 saturated carbocycles. The molecule has 0 radical (unpaired) electrons. The fraction of sp³-hybridized carbons (Fsp3) is 0.684. The molecule has 1 fully saturated rings. The molecular formula is C19H32N2O. The van der Waals surface area contributed by atoms with E-state index in [9.17, 15) is 0 Å². The first-order valence-corrected chi connectivity index (χ1v) is 8.56. The second kappa shape index (κ2) is 8.66. The predicted octanol–water partition coefficient (Wildman–Crippen LogP) is 3.16. The SMILES string of the molecule is CN(Cc1ccccc1)CC(C)(C)CNCC1CCCOC1. The first kappa shape index (κ1) is 17.5. The van der Waals surface area contributed by atoms with Crippen molar-refractivity contribution < 1.29 is 4.74 Å². The molecule has 124 valence electrons. The lowest BCUT2D eigenvalue weighted by Gasteiger charge is -2.32. The summed E-state index contributed by atoms with van der Waals surface area (Å²) in [5, 5.41) is 3.66. The summed E-state index contributed by atoms with van der Waals surface area (Å²) in [5.41, 5.74) is 1.66. The molecule has 2 rings (SSSR count). The fourth-order valence-corrected chi connectivity index (χ4v) is 3.32. The Morgan fingerprint density at radius 2 is 2.05 bits per heavy atom. The third-order valence-corrected chi connectivity index (χ3v) is 4.28. The molecule has 1 unspecified atom stereocenters. The molecule has 3 heteroatoms. The van der Waals surface area contributed by atoms with E-state index in [4.69, 9.17) is 4.74 Å². The summed E-state index contributed by atoms with van der Waals surface area (Å²) >= 11 is 0. The van der Waals surface area contributed by atoms with Crippen LogP contribution in [0.5, 0.6) is 0 Å². The van der Waals surface area contributed by atoms with Gasteiger partial charge in [-0.05, 0) is 36.8 Å². The van der Waals surface area contributed by atoms with Gasteiger partial charge in [-0.15, -0.1) is 0 Å². The third kappa shape index (κ3) is 6.47. The van der Waals surface area contributed by atoms with Gasteiger partial charge in [-0.1, -0.05) is 44.2 Å². The zero-order chi connectivity index (χ0) is 15.8. The summed E-state index contributed by atoms with van der Waals surface area (Å²) in [6.45, 7) is 10.8.